The lowest BCUT2D eigenvalue weighted by Gasteiger charge is -2.23. The van der Waals surface area contributed by atoms with Crippen molar-refractivity contribution in [3.8, 4) is 11.6 Å². The number of carbonyl (C=O) groups is 1. The molecule has 0 atom stereocenters. The van der Waals surface area contributed by atoms with Crippen molar-refractivity contribution in [2.75, 3.05) is 17.7 Å². The van der Waals surface area contributed by atoms with E-state index >= 15 is 0 Å². The number of thioether (sulfide) groups is 1. The molecule has 3 heterocycles. The van der Waals surface area contributed by atoms with Crippen LogP contribution in [0.15, 0.2) is 64.0 Å². The zero-order valence-corrected chi connectivity index (χ0v) is 17.2. The summed E-state index contributed by atoms with van der Waals surface area (Å²) in [5.74, 6) is 1.65. The molecule has 0 aliphatic carbocycles. The van der Waals surface area contributed by atoms with Gasteiger partial charge in [-0.25, -0.2) is 0 Å². The Labute approximate surface area is 168 Å². The number of anilines is 1. The van der Waals surface area contributed by atoms with Crippen molar-refractivity contribution in [3.63, 3.8) is 0 Å². The molecule has 3 aromatic rings. The van der Waals surface area contributed by atoms with Crippen LogP contribution in [-0.2, 0) is 17.3 Å². The van der Waals surface area contributed by atoms with Gasteiger partial charge in [0.05, 0.1) is 12.0 Å². The van der Waals surface area contributed by atoms with Crippen LogP contribution in [0.5, 0.6) is 0 Å². The van der Waals surface area contributed by atoms with Crippen molar-refractivity contribution in [1.29, 1.82) is 0 Å². The van der Waals surface area contributed by atoms with Gasteiger partial charge in [-0.3, -0.25) is 4.79 Å². The molecule has 0 fully saturated rings. The van der Waals surface area contributed by atoms with Crippen LogP contribution in [0, 0.1) is 0 Å². The van der Waals surface area contributed by atoms with E-state index in [-0.39, 0.29) is 11.2 Å². The summed E-state index contributed by atoms with van der Waals surface area (Å²) in [6, 6.07) is 11.9. The SMILES string of the molecule is CN1C(=CC(=O)CSc2nnc(-c3ccco3)n2C)C(C)(C)c2ccccc21. The summed E-state index contributed by atoms with van der Waals surface area (Å²) in [5, 5.41) is 9.03. The molecule has 0 spiro atoms. The summed E-state index contributed by atoms with van der Waals surface area (Å²) in [6.45, 7) is 4.31. The minimum atomic E-state index is -0.205. The third kappa shape index (κ3) is 3.05. The van der Waals surface area contributed by atoms with E-state index in [4.69, 9.17) is 4.42 Å². The molecule has 6 nitrogen and oxygen atoms in total. The van der Waals surface area contributed by atoms with E-state index in [2.05, 4.69) is 41.1 Å². The molecule has 7 heteroatoms. The molecule has 1 aliphatic heterocycles. The predicted molar refractivity (Wildman–Crippen MR) is 110 cm³/mol. The number of rotatable bonds is 5. The first-order valence-electron chi connectivity index (χ1n) is 9.04. The maximum Gasteiger partial charge on any atom is 0.200 e. The van der Waals surface area contributed by atoms with Crippen molar-refractivity contribution in [1.82, 2.24) is 14.8 Å². The molecular formula is C21H22N4O2S. The van der Waals surface area contributed by atoms with Gasteiger partial charge in [0.1, 0.15) is 0 Å². The number of fused-ring (bicyclic) bond motifs is 1. The van der Waals surface area contributed by atoms with E-state index in [0.717, 1.165) is 11.4 Å². The number of benzene rings is 1. The Morgan fingerprint density at radius 1 is 1.18 bits per heavy atom. The van der Waals surface area contributed by atoms with Crippen LogP contribution in [0.1, 0.15) is 19.4 Å². The smallest absolute Gasteiger partial charge is 0.200 e. The van der Waals surface area contributed by atoms with Gasteiger partial charge in [0.15, 0.2) is 22.5 Å². The number of nitrogens with zero attached hydrogens (tertiary/aromatic N) is 4. The Morgan fingerprint density at radius 3 is 2.68 bits per heavy atom. The summed E-state index contributed by atoms with van der Waals surface area (Å²) in [7, 11) is 3.88. The lowest BCUT2D eigenvalue weighted by atomic mass is 9.83. The predicted octanol–water partition coefficient (Wildman–Crippen LogP) is 4.05. The molecular weight excluding hydrogens is 372 g/mol. The Morgan fingerprint density at radius 2 is 1.96 bits per heavy atom. The lowest BCUT2D eigenvalue weighted by molar-refractivity contribution is -0.112. The second-order valence-corrected chi connectivity index (χ2v) is 8.27. The summed E-state index contributed by atoms with van der Waals surface area (Å²) in [6.07, 6.45) is 3.36. The molecule has 4 rings (SSSR count). The third-order valence-electron chi connectivity index (χ3n) is 5.16. The summed E-state index contributed by atoms with van der Waals surface area (Å²) in [5.41, 5.74) is 3.19. The Balaban J connectivity index is 1.50. The van der Waals surface area contributed by atoms with Crippen molar-refractivity contribution < 1.29 is 9.21 Å². The first kappa shape index (κ1) is 18.6. The van der Waals surface area contributed by atoms with Crippen LogP contribution in [0.3, 0.4) is 0 Å². The van der Waals surface area contributed by atoms with Crippen LogP contribution in [0.4, 0.5) is 5.69 Å². The molecule has 0 saturated carbocycles. The Bertz CT molecular complexity index is 1050. The number of hydrogen-bond donors (Lipinski definition) is 0. The number of likely N-dealkylation sites (N-methyl/N-ethyl adjacent to an activating group) is 1. The molecule has 2 aromatic heterocycles. The first-order valence-corrected chi connectivity index (χ1v) is 10.0. The monoisotopic (exact) mass is 394 g/mol. The van der Waals surface area contributed by atoms with Gasteiger partial charge in [-0.15, -0.1) is 10.2 Å². The van der Waals surface area contributed by atoms with E-state index < -0.39 is 0 Å². The highest BCUT2D eigenvalue weighted by Crippen LogP contribution is 2.46. The van der Waals surface area contributed by atoms with Gasteiger partial charge in [0.2, 0.25) is 0 Å². The molecule has 1 aromatic carbocycles. The summed E-state index contributed by atoms with van der Waals surface area (Å²) >= 11 is 1.38. The fraction of sp³-hybridized carbons (Fsp3) is 0.286. The maximum absolute atomic E-state index is 12.7. The summed E-state index contributed by atoms with van der Waals surface area (Å²) < 4.78 is 7.22. The maximum atomic E-state index is 12.7. The normalized spacial score (nSPS) is 16.6. The van der Waals surface area contributed by atoms with E-state index in [1.54, 1.807) is 12.3 Å². The Kier molecular flexibility index (Phi) is 4.63. The molecule has 0 N–H and O–H groups in total. The molecule has 0 radical (unpaired) electrons. The highest BCUT2D eigenvalue weighted by atomic mass is 32.2. The molecule has 0 amide bonds. The minimum Gasteiger partial charge on any atom is -0.461 e. The number of allylic oxidation sites excluding steroid dienone is 2. The standard InChI is InChI=1S/C21H22N4O2S/c1-21(2)15-8-5-6-9-16(15)24(3)18(21)12-14(26)13-28-20-23-22-19(25(20)4)17-10-7-11-27-17/h5-12H,13H2,1-4H3. The zero-order valence-electron chi connectivity index (χ0n) is 16.3. The molecule has 0 unspecified atom stereocenters. The number of aromatic nitrogens is 3. The van der Waals surface area contributed by atoms with Gasteiger partial charge >= 0.3 is 0 Å². The number of ketones is 1. The van der Waals surface area contributed by atoms with Crippen LogP contribution < -0.4 is 4.90 Å². The van der Waals surface area contributed by atoms with Gasteiger partial charge in [0.25, 0.3) is 0 Å². The average molecular weight is 395 g/mol. The van der Waals surface area contributed by atoms with E-state index in [0.29, 0.717) is 22.5 Å². The van der Waals surface area contributed by atoms with Gasteiger partial charge in [-0.1, -0.05) is 43.8 Å². The molecule has 144 valence electrons. The fourth-order valence-electron chi connectivity index (χ4n) is 3.65. The van der Waals surface area contributed by atoms with Gasteiger partial charge < -0.3 is 13.9 Å². The second-order valence-electron chi connectivity index (χ2n) is 7.33. The summed E-state index contributed by atoms with van der Waals surface area (Å²) in [4.78, 5) is 14.8. The fourth-order valence-corrected chi connectivity index (χ4v) is 4.38. The quantitative estimate of drug-likeness (QED) is 0.481. The minimum absolute atomic E-state index is 0.0512. The average Bonchev–Trinajstić information content (AvgIpc) is 3.37. The highest BCUT2D eigenvalue weighted by molar-refractivity contribution is 7.99. The van der Waals surface area contributed by atoms with Crippen molar-refractivity contribution in [3.05, 3.63) is 60.0 Å². The van der Waals surface area contributed by atoms with Gasteiger partial charge in [-0.2, -0.15) is 0 Å². The Hall–Kier alpha value is -2.80. The van der Waals surface area contributed by atoms with E-state index in [1.165, 1.54) is 17.3 Å². The number of carbonyl (C=O) groups excluding carboxylic acids is 1. The van der Waals surface area contributed by atoms with Crippen molar-refractivity contribution in [2.24, 2.45) is 7.05 Å². The van der Waals surface area contributed by atoms with E-state index in [1.807, 2.05) is 42.9 Å². The third-order valence-corrected chi connectivity index (χ3v) is 6.20. The molecule has 28 heavy (non-hydrogen) atoms. The van der Waals surface area contributed by atoms with Crippen LogP contribution in [0.2, 0.25) is 0 Å². The molecule has 0 bridgehead atoms. The van der Waals surface area contributed by atoms with Gasteiger partial charge in [0, 0.05) is 37.0 Å². The molecule has 1 aliphatic rings. The number of furan rings is 1. The van der Waals surface area contributed by atoms with Crippen LogP contribution in [-0.4, -0.2) is 33.3 Å². The second kappa shape index (κ2) is 6.98. The number of hydrogen-bond acceptors (Lipinski definition) is 6. The first-order chi connectivity index (χ1) is 13.4. The van der Waals surface area contributed by atoms with Crippen LogP contribution in [0.25, 0.3) is 11.6 Å². The molecule has 0 saturated heterocycles. The topological polar surface area (TPSA) is 64.2 Å². The lowest BCUT2D eigenvalue weighted by Crippen LogP contribution is -2.24. The zero-order chi connectivity index (χ0) is 19.9. The highest BCUT2D eigenvalue weighted by Gasteiger charge is 2.38. The van der Waals surface area contributed by atoms with Crippen molar-refractivity contribution in [2.45, 2.75) is 24.4 Å². The number of para-hydroxylation sites is 1. The van der Waals surface area contributed by atoms with Crippen LogP contribution >= 0.6 is 11.8 Å². The largest absolute Gasteiger partial charge is 0.461 e. The van der Waals surface area contributed by atoms with Gasteiger partial charge in [-0.05, 0) is 23.8 Å². The van der Waals surface area contributed by atoms with Crippen molar-refractivity contribution >= 4 is 23.2 Å². The van der Waals surface area contributed by atoms with E-state index in [9.17, 15) is 4.79 Å².